The Kier molecular flexibility index (Phi) is 5.60. The number of benzene rings is 2. The number of hydrogen-bond acceptors (Lipinski definition) is 4. The molecule has 1 aromatic heterocycles. The van der Waals surface area contributed by atoms with Crippen LogP contribution >= 0.6 is 11.6 Å². The second-order valence-corrected chi connectivity index (χ2v) is 6.34. The number of nitrogens with one attached hydrogen (secondary N) is 1. The standard InChI is InChI=1S/C19H15ClFN3O4/c20-13-6-1-2-7-16(13)24-17(25)9-15(23-24)19(28)22-14(10-18(26)27)11-4-3-5-12(21)8-11/h1-9,14,25H,10H2,(H,22,28)(H,26,27)/t14-/m0/s1. The number of para-hydroxylation sites is 1. The Bertz CT molecular complexity index is 1040. The number of hydrogen-bond donors (Lipinski definition) is 3. The summed E-state index contributed by atoms with van der Waals surface area (Å²) in [5.74, 6) is -2.77. The molecule has 9 heteroatoms. The van der Waals surface area contributed by atoms with Crippen molar-refractivity contribution >= 4 is 23.5 Å². The van der Waals surface area contributed by atoms with Crippen LogP contribution in [-0.4, -0.2) is 31.9 Å². The molecule has 0 fully saturated rings. The third-order valence-electron chi connectivity index (χ3n) is 3.94. The summed E-state index contributed by atoms with van der Waals surface area (Å²) in [6.07, 6.45) is -0.452. The minimum absolute atomic E-state index is 0.149. The number of nitrogens with zero attached hydrogens (tertiary/aromatic N) is 2. The quantitative estimate of drug-likeness (QED) is 0.585. The summed E-state index contributed by atoms with van der Waals surface area (Å²) < 4.78 is 14.6. The van der Waals surface area contributed by atoms with Crippen molar-refractivity contribution in [2.24, 2.45) is 0 Å². The van der Waals surface area contributed by atoms with E-state index in [1.807, 2.05) is 0 Å². The summed E-state index contributed by atoms with van der Waals surface area (Å²) in [5.41, 5.74) is 0.516. The summed E-state index contributed by atoms with van der Waals surface area (Å²) in [7, 11) is 0. The van der Waals surface area contributed by atoms with Crippen LogP contribution in [0.4, 0.5) is 4.39 Å². The van der Waals surface area contributed by atoms with Crippen LogP contribution in [-0.2, 0) is 4.79 Å². The highest BCUT2D eigenvalue weighted by molar-refractivity contribution is 6.32. The lowest BCUT2D eigenvalue weighted by Gasteiger charge is -2.16. The zero-order chi connectivity index (χ0) is 20.3. The number of amides is 1. The van der Waals surface area contributed by atoms with Gasteiger partial charge in [-0.25, -0.2) is 4.39 Å². The van der Waals surface area contributed by atoms with Gasteiger partial charge in [0.1, 0.15) is 5.82 Å². The second kappa shape index (κ2) is 8.10. The highest BCUT2D eigenvalue weighted by Gasteiger charge is 2.22. The molecule has 3 rings (SSSR count). The number of carboxylic acid groups (broad SMARTS) is 1. The molecule has 0 bridgehead atoms. The van der Waals surface area contributed by atoms with Crippen LogP contribution in [0.2, 0.25) is 5.02 Å². The van der Waals surface area contributed by atoms with Gasteiger partial charge in [-0.05, 0) is 29.8 Å². The maximum atomic E-state index is 13.5. The molecule has 28 heavy (non-hydrogen) atoms. The summed E-state index contributed by atoms with van der Waals surface area (Å²) in [5, 5.41) is 26.1. The van der Waals surface area contributed by atoms with Crippen LogP contribution in [0.15, 0.2) is 54.6 Å². The third kappa shape index (κ3) is 4.29. The van der Waals surface area contributed by atoms with Gasteiger partial charge in [-0.3, -0.25) is 9.59 Å². The molecular formula is C19H15ClFN3O4. The normalized spacial score (nSPS) is 11.8. The van der Waals surface area contributed by atoms with Crippen molar-refractivity contribution in [1.29, 1.82) is 0 Å². The van der Waals surface area contributed by atoms with Crippen LogP contribution in [0.5, 0.6) is 5.88 Å². The summed E-state index contributed by atoms with van der Waals surface area (Å²) in [6, 6.07) is 12.0. The van der Waals surface area contributed by atoms with Gasteiger partial charge in [0.2, 0.25) is 5.88 Å². The fraction of sp³-hybridized carbons (Fsp3) is 0.105. The molecular weight excluding hydrogens is 389 g/mol. The van der Waals surface area contributed by atoms with E-state index in [0.29, 0.717) is 16.3 Å². The fourth-order valence-electron chi connectivity index (χ4n) is 2.67. The van der Waals surface area contributed by atoms with E-state index < -0.39 is 30.2 Å². The van der Waals surface area contributed by atoms with Crippen molar-refractivity contribution < 1.29 is 24.2 Å². The van der Waals surface area contributed by atoms with Gasteiger partial charge in [0.15, 0.2) is 5.69 Å². The monoisotopic (exact) mass is 403 g/mol. The minimum atomic E-state index is -1.17. The van der Waals surface area contributed by atoms with Crippen molar-refractivity contribution in [2.75, 3.05) is 0 Å². The first-order valence-electron chi connectivity index (χ1n) is 8.17. The van der Waals surface area contributed by atoms with Crippen molar-refractivity contribution in [2.45, 2.75) is 12.5 Å². The van der Waals surface area contributed by atoms with E-state index in [4.69, 9.17) is 16.7 Å². The molecule has 1 heterocycles. The van der Waals surface area contributed by atoms with Gasteiger partial charge in [0.25, 0.3) is 5.91 Å². The van der Waals surface area contributed by atoms with Crippen LogP contribution in [0.25, 0.3) is 5.69 Å². The van der Waals surface area contributed by atoms with E-state index in [9.17, 15) is 19.1 Å². The molecule has 0 saturated heterocycles. The Balaban J connectivity index is 1.87. The smallest absolute Gasteiger partial charge is 0.305 e. The average Bonchev–Trinajstić information content (AvgIpc) is 3.03. The molecule has 3 aromatic rings. The number of carbonyl (C=O) groups excluding carboxylic acids is 1. The van der Waals surface area contributed by atoms with E-state index in [1.54, 1.807) is 24.3 Å². The average molecular weight is 404 g/mol. The largest absolute Gasteiger partial charge is 0.493 e. The molecule has 0 unspecified atom stereocenters. The van der Waals surface area contributed by atoms with Gasteiger partial charge >= 0.3 is 5.97 Å². The molecule has 0 aliphatic rings. The fourth-order valence-corrected chi connectivity index (χ4v) is 2.88. The Morgan fingerprint density at radius 2 is 1.93 bits per heavy atom. The van der Waals surface area contributed by atoms with Crippen LogP contribution in [0.3, 0.4) is 0 Å². The van der Waals surface area contributed by atoms with Crippen molar-refractivity contribution in [3.63, 3.8) is 0 Å². The Hall–Kier alpha value is -3.39. The summed E-state index contributed by atoms with van der Waals surface area (Å²) in [6.45, 7) is 0. The van der Waals surface area contributed by atoms with E-state index in [0.717, 1.165) is 16.8 Å². The van der Waals surface area contributed by atoms with Crippen molar-refractivity contribution in [1.82, 2.24) is 15.1 Å². The molecule has 0 spiro atoms. The molecule has 0 radical (unpaired) electrons. The van der Waals surface area contributed by atoms with E-state index in [1.165, 1.54) is 18.2 Å². The lowest BCUT2D eigenvalue weighted by Crippen LogP contribution is -2.30. The van der Waals surface area contributed by atoms with Gasteiger partial charge in [-0.15, -0.1) is 0 Å². The first-order chi connectivity index (χ1) is 13.3. The van der Waals surface area contributed by atoms with E-state index in [-0.39, 0.29) is 11.6 Å². The zero-order valence-corrected chi connectivity index (χ0v) is 15.1. The maximum absolute atomic E-state index is 13.5. The van der Waals surface area contributed by atoms with Gasteiger partial charge < -0.3 is 15.5 Å². The molecule has 3 N–H and O–H groups in total. The molecule has 1 amide bonds. The number of carbonyl (C=O) groups is 2. The molecule has 2 aromatic carbocycles. The number of carboxylic acids is 1. The highest BCUT2D eigenvalue weighted by atomic mass is 35.5. The molecule has 1 atom stereocenters. The predicted octanol–water partition coefficient (Wildman–Crippen LogP) is 3.32. The van der Waals surface area contributed by atoms with E-state index >= 15 is 0 Å². The van der Waals surface area contributed by atoms with Gasteiger partial charge in [0, 0.05) is 6.07 Å². The third-order valence-corrected chi connectivity index (χ3v) is 4.26. The van der Waals surface area contributed by atoms with Gasteiger partial charge in [0.05, 0.1) is 23.2 Å². The maximum Gasteiger partial charge on any atom is 0.305 e. The molecule has 7 nitrogen and oxygen atoms in total. The first-order valence-corrected chi connectivity index (χ1v) is 8.55. The van der Waals surface area contributed by atoms with Crippen LogP contribution < -0.4 is 5.32 Å². The molecule has 0 aliphatic carbocycles. The molecule has 0 aliphatic heterocycles. The second-order valence-electron chi connectivity index (χ2n) is 5.93. The first kappa shape index (κ1) is 19.4. The zero-order valence-electron chi connectivity index (χ0n) is 14.3. The van der Waals surface area contributed by atoms with E-state index in [2.05, 4.69) is 10.4 Å². The predicted molar refractivity (Wildman–Crippen MR) is 99.1 cm³/mol. The number of aromatic nitrogens is 2. The number of rotatable bonds is 6. The number of aliphatic carboxylic acids is 1. The highest BCUT2D eigenvalue weighted by Crippen LogP contribution is 2.25. The van der Waals surface area contributed by atoms with Gasteiger partial charge in [-0.2, -0.15) is 9.78 Å². The molecule has 144 valence electrons. The Labute approximate surface area is 164 Å². The summed E-state index contributed by atoms with van der Waals surface area (Å²) in [4.78, 5) is 23.7. The molecule has 0 saturated carbocycles. The van der Waals surface area contributed by atoms with Gasteiger partial charge in [-0.1, -0.05) is 35.9 Å². The van der Waals surface area contributed by atoms with Crippen molar-refractivity contribution in [3.05, 3.63) is 76.7 Å². The van der Waals surface area contributed by atoms with Crippen LogP contribution in [0.1, 0.15) is 28.5 Å². The Morgan fingerprint density at radius 3 is 2.61 bits per heavy atom. The topological polar surface area (TPSA) is 104 Å². The lowest BCUT2D eigenvalue weighted by atomic mass is 10.0. The van der Waals surface area contributed by atoms with Crippen LogP contribution in [0, 0.1) is 5.82 Å². The van der Waals surface area contributed by atoms with Crippen molar-refractivity contribution in [3.8, 4) is 11.6 Å². The lowest BCUT2D eigenvalue weighted by molar-refractivity contribution is -0.137. The number of aromatic hydroxyl groups is 1. The summed E-state index contributed by atoms with van der Waals surface area (Å²) >= 11 is 6.08. The number of halogens is 2. The Morgan fingerprint density at radius 1 is 1.18 bits per heavy atom. The SMILES string of the molecule is O=C(O)C[C@H](NC(=O)c1cc(O)n(-c2ccccc2Cl)n1)c1cccc(F)c1. The minimum Gasteiger partial charge on any atom is -0.493 e.